The fourth-order valence-corrected chi connectivity index (χ4v) is 3.11. The Morgan fingerprint density at radius 3 is 2.61 bits per heavy atom. The van der Waals surface area contributed by atoms with Gasteiger partial charge in [-0.15, -0.1) is 0 Å². The first-order chi connectivity index (χ1) is 11.1. The number of benzene rings is 1. The largest absolute Gasteiger partial charge is 0.497 e. The average Bonchev–Trinajstić information content (AvgIpc) is 2.55. The monoisotopic (exact) mass is 320 g/mol. The Morgan fingerprint density at radius 2 is 1.96 bits per heavy atom. The topological polar surface area (TPSA) is 59.6 Å². The van der Waals surface area contributed by atoms with Gasteiger partial charge >= 0.3 is 0 Å². The van der Waals surface area contributed by atoms with E-state index in [0.29, 0.717) is 29.6 Å². The highest BCUT2D eigenvalue weighted by atomic mass is 16.5. The lowest BCUT2D eigenvalue weighted by molar-refractivity contribution is -0.116. The van der Waals surface area contributed by atoms with Crippen LogP contribution in [0.2, 0.25) is 0 Å². The van der Waals surface area contributed by atoms with E-state index >= 15 is 0 Å². The van der Waals surface area contributed by atoms with Crippen molar-refractivity contribution >= 4 is 11.6 Å². The van der Waals surface area contributed by atoms with Gasteiger partial charge in [0.25, 0.3) is 0 Å². The van der Waals surface area contributed by atoms with E-state index in [2.05, 4.69) is 17.6 Å². The second-order valence-corrected chi connectivity index (χ2v) is 6.22. The van der Waals surface area contributed by atoms with E-state index in [9.17, 15) is 4.79 Å². The number of nitrogens with one attached hydrogen (secondary N) is 2. The summed E-state index contributed by atoms with van der Waals surface area (Å²) in [5.41, 5.74) is 0.670. The van der Waals surface area contributed by atoms with Gasteiger partial charge in [-0.2, -0.15) is 0 Å². The van der Waals surface area contributed by atoms with Crippen molar-refractivity contribution in [1.82, 2.24) is 5.32 Å². The summed E-state index contributed by atoms with van der Waals surface area (Å²) >= 11 is 0. The molecule has 0 aromatic heterocycles. The molecule has 1 unspecified atom stereocenters. The maximum atomic E-state index is 12.2. The van der Waals surface area contributed by atoms with Gasteiger partial charge in [0.2, 0.25) is 5.91 Å². The molecular formula is C18H28N2O3. The van der Waals surface area contributed by atoms with Crippen LogP contribution in [0.15, 0.2) is 18.2 Å². The van der Waals surface area contributed by atoms with Crippen molar-refractivity contribution in [3.8, 4) is 11.5 Å². The number of carbonyl (C=O) groups excluding carboxylic acids is 1. The van der Waals surface area contributed by atoms with Crippen molar-refractivity contribution < 1.29 is 14.3 Å². The van der Waals surface area contributed by atoms with E-state index in [0.717, 1.165) is 0 Å². The first-order valence-electron chi connectivity index (χ1n) is 8.40. The first kappa shape index (κ1) is 17.6. The van der Waals surface area contributed by atoms with Gasteiger partial charge in [-0.1, -0.05) is 19.3 Å². The third-order valence-corrected chi connectivity index (χ3v) is 4.30. The van der Waals surface area contributed by atoms with Crippen LogP contribution in [0.4, 0.5) is 5.69 Å². The molecule has 1 atom stereocenters. The molecule has 128 valence electrons. The summed E-state index contributed by atoms with van der Waals surface area (Å²) in [5.74, 6) is 1.29. The van der Waals surface area contributed by atoms with E-state index in [1.54, 1.807) is 26.4 Å². The molecule has 1 aliphatic carbocycles. The van der Waals surface area contributed by atoms with Crippen LogP contribution in [0.5, 0.6) is 11.5 Å². The van der Waals surface area contributed by atoms with Gasteiger partial charge < -0.3 is 20.1 Å². The maximum absolute atomic E-state index is 12.2. The standard InChI is InChI=1S/C18H28N2O3/c1-13(19-14-7-5-4-6-8-14)11-18(21)20-16-10-9-15(22-2)12-17(16)23-3/h9-10,12-14,19H,4-8,11H2,1-3H3,(H,20,21). The highest BCUT2D eigenvalue weighted by Crippen LogP contribution is 2.29. The fourth-order valence-electron chi connectivity index (χ4n) is 3.11. The summed E-state index contributed by atoms with van der Waals surface area (Å²) in [6.07, 6.45) is 6.81. The van der Waals surface area contributed by atoms with Crippen LogP contribution in [0.25, 0.3) is 0 Å². The zero-order chi connectivity index (χ0) is 16.7. The quantitative estimate of drug-likeness (QED) is 0.809. The van der Waals surface area contributed by atoms with Crippen LogP contribution in [-0.2, 0) is 4.79 Å². The minimum atomic E-state index is -0.00993. The lowest BCUT2D eigenvalue weighted by Gasteiger charge is -2.26. The van der Waals surface area contributed by atoms with Crippen molar-refractivity contribution in [2.75, 3.05) is 19.5 Å². The van der Waals surface area contributed by atoms with E-state index < -0.39 is 0 Å². The molecule has 0 spiro atoms. The summed E-state index contributed by atoms with van der Waals surface area (Å²) in [7, 11) is 3.18. The predicted molar refractivity (Wildman–Crippen MR) is 92.3 cm³/mol. The van der Waals surface area contributed by atoms with Crippen molar-refractivity contribution in [1.29, 1.82) is 0 Å². The molecule has 0 saturated heterocycles. The predicted octanol–water partition coefficient (Wildman–Crippen LogP) is 3.34. The number of anilines is 1. The molecule has 0 bridgehead atoms. The fraction of sp³-hybridized carbons (Fsp3) is 0.611. The lowest BCUT2D eigenvalue weighted by atomic mass is 9.95. The molecule has 1 amide bonds. The summed E-state index contributed by atoms with van der Waals surface area (Å²) in [5, 5.41) is 6.49. The number of amides is 1. The third kappa shape index (κ3) is 5.43. The number of hydrogen-bond donors (Lipinski definition) is 2. The SMILES string of the molecule is COc1ccc(NC(=O)CC(C)NC2CCCCC2)c(OC)c1. The average molecular weight is 320 g/mol. The van der Waals surface area contributed by atoms with Gasteiger partial charge in [0.15, 0.2) is 0 Å². The van der Waals surface area contributed by atoms with Crippen molar-refractivity contribution in [2.45, 2.75) is 57.5 Å². The number of methoxy groups -OCH3 is 2. The van der Waals surface area contributed by atoms with Gasteiger partial charge in [-0.05, 0) is 31.9 Å². The highest BCUT2D eigenvalue weighted by Gasteiger charge is 2.18. The molecule has 1 saturated carbocycles. The molecule has 2 rings (SSSR count). The highest BCUT2D eigenvalue weighted by molar-refractivity contribution is 5.92. The summed E-state index contributed by atoms with van der Waals surface area (Å²) in [6.45, 7) is 2.07. The van der Waals surface area contributed by atoms with Crippen LogP contribution >= 0.6 is 0 Å². The van der Waals surface area contributed by atoms with Gasteiger partial charge in [0.05, 0.1) is 19.9 Å². The van der Waals surface area contributed by atoms with Gasteiger partial charge in [0.1, 0.15) is 11.5 Å². The number of ether oxygens (including phenoxy) is 2. The molecule has 0 heterocycles. The minimum Gasteiger partial charge on any atom is -0.497 e. The first-order valence-corrected chi connectivity index (χ1v) is 8.40. The summed E-state index contributed by atoms with van der Waals surface area (Å²) in [6, 6.07) is 6.10. The second-order valence-electron chi connectivity index (χ2n) is 6.22. The zero-order valence-corrected chi connectivity index (χ0v) is 14.4. The Balaban J connectivity index is 1.86. The number of rotatable bonds is 7. The van der Waals surface area contributed by atoms with E-state index in [1.807, 2.05) is 6.07 Å². The molecular weight excluding hydrogens is 292 g/mol. The molecule has 0 aliphatic heterocycles. The van der Waals surface area contributed by atoms with E-state index in [-0.39, 0.29) is 11.9 Å². The van der Waals surface area contributed by atoms with Gasteiger partial charge in [-0.3, -0.25) is 4.79 Å². The van der Waals surface area contributed by atoms with Crippen LogP contribution in [0.3, 0.4) is 0 Å². The molecule has 23 heavy (non-hydrogen) atoms. The Hall–Kier alpha value is -1.75. The second kappa shape index (κ2) is 8.77. The molecule has 5 nitrogen and oxygen atoms in total. The van der Waals surface area contributed by atoms with Crippen LogP contribution in [0, 0.1) is 0 Å². The number of hydrogen-bond acceptors (Lipinski definition) is 4. The molecule has 5 heteroatoms. The zero-order valence-electron chi connectivity index (χ0n) is 14.4. The van der Waals surface area contributed by atoms with Crippen LogP contribution in [0.1, 0.15) is 45.4 Å². The molecule has 2 N–H and O–H groups in total. The summed E-state index contributed by atoms with van der Waals surface area (Å²) in [4.78, 5) is 12.2. The minimum absolute atomic E-state index is 0.00993. The summed E-state index contributed by atoms with van der Waals surface area (Å²) < 4.78 is 10.5. The lowest BCUT2D eigenvalue weighted by Crippen LogP contribution is -2.39. The van der Waals surface area contributed by atoms with Crippen molar-refractivity contribution in [3.63, 3.8) is 0 Å². The third-order valence-electron chi connectivity index (χ3n) is 4.30. The number of carbonyl (C=O) groups is 1. The van der Waals surface area contributed by atoms with Crippen molar-refractivity contribution in [3.05, 3.63) is 18.2 Å². The van der Waals surface area contributed by atoms with Gasteiger partial charge in [-0.25, -0.2) is 0 Å². The molecule has 0 radical (unpaired) electrons. The molecule has 1 fully saturated rings. The Morgan fingerprint density at radius 1 is 1.22 bits per heavy atom. The Kier molecular flexibility index (Phi) is 6.71. The van der Waals surface area contributed by atoms with E-state index in [1.165, 1.54) is 32.1 Å². The molecule has 1 aromatic carbocycles. The van der Waals surface area contributed by atoms with E-state index in [4.69, 9.17) is 9.47 Å². The smallest absolute Gasteiger partial charge is 0.226 e. The van der Waals surface area contributed by atoms with Crippen molar-refractivity contribution in [2.24, 2.45) is 0 Å². The maximum Gasteiger partial charge on any atom is 0.226 e. The van der Waals surface area contributed by atoms with Crippen LogP contribution < -0.4 is 20.1 Å². The molecule has 1 aromatic rings. The Labute approximate surface area is 138 Å². The molecule has 1 aliphatic rings. The van der Waals surface area contributed by atoms with Crippen LogP contribution in [-0.4, -0.2) is 32.2 Å². The normalized spacial score (nSPS) is 16.7. The Bertz CT molecular complexity index is 513. The van der Waals surface area contributed by atoms with Gasteiger partial charge in [0, 0.05) is 24.6 Å².